The monoisotopic (exact) mass is 797 g/mol. The number of benzene rings is 2. The van der Waals surface area contributed by atoms with E-state index in [-0.39, 0.29) is 49.8 Å². The summed E-state index contributed by atoms with van der Waals surface area (Å²) in [6, 6.07) is 15.8. The number of guanidine groups is 1. The third-order valence-corrected chi connectivity index (χ3v) is 8.02. The van der Waals surface area contributed by atoms with E-state index < -0.39 is 54.3 Å². The van der Waals surface area contributed by atoms with Crippen LogP contribution in [0.4, 0.5) is 18.0 Å². The number of amides is 4. The van der Waals surface area contributed by atoms with Crippen molar-refractivity contribution in [2.45, 2.75) is 96.8 Å². The van der Waals surface area contributed by atoms with E-state index in [1.54, 1.807) is 31.2 Å². The number of nitrogens with one attached hydrogen (secondary N) is 4. The summed E-state index contributed by atoms with van der Waals surface area (Å²) >= 11 is 0. The molecule has 56 heavy (non-hydrogen) atoms. The highest BCUT2D eigenvalue weighted by Crippen LogP contribution is 2.15. The number of aliphatic hydroxyl groups is 1. The first kappa shape index (κ1) is 48.4. The molecule has 5 atom stereocenters. The lowest BCUT2D eigenvalue weighted by Crippen LogP contribution is -2.58. The predicted octanol–water partition coefficient (Wildman–Crippen LogP) is 2.68. The van der Waals surface area contributed by atoms with Gasteiger partial charge in [-0.1, -0.05) is 94.8 Å². The maximum Gasteiger partial charge on any atom is 0.490 e. The number of carboxylic acids is 1. The normalized spacial score (nSPS) is 13.6. The maximum atomic E-state index is 13.7. The number of oxime groups is 1. The van der Waals surface area contributed by atoms with Crippen molar-refractivity contribution in [2.75, 3.05) is 13.2 Å². The fourth-order valence-corrected chi connectivity index (χ4v) is 4.91. The van der Waals surface area contributed by atoms with Crippen LogP contribution in [0.15, 0.2) is 65.8 Å². The Morgan fingerprint density at radius 2 is 1.45 bits per heavy atom. The molecular formula is C37H54F3N7O9. The van der Waals surface area contributed by atoms with Crippen molar-refractivity contribution in [3.8, 4) is 0 Å². The molecule has 312 valence electrons. The minimum absolute atomic E-state index is 0.0198. The first-order valence-electron chi connectivity index (χ1n) is 17.9. The first-order chi connectivity index (χ1) is 26.3. The Labute approximate surface area is 323 Å². The number of nitrogens with zero attached hydrogens (tertiary/aromatic N) is 1. The van der Waals surface area contributed by atoms with Crippen molar-refractivity contribution in [1.29, 1.82) is 0 Å². The number of nitrogens with two attached hydrogens (primary N) is 2. The molecule has 2 aromatic rings. The summed E-state index contributed by atoms with van der Waals surface area (Å²) in [5.74, 6) is -4.85. The van der Waals surface area contributed by atoms with Crippen molar-refractivity contribution >= 4 is 35.7 Å². The molecule has 0 saturated carbocycles. The Balaban J connectivity index is 0.00000203. The van der Waals surface area contributed by atoms with Crippen LogP contribution in [0, 0.1) is 11.8 Å². The molecule has 0 heterocycles. The first-order valence-corrected chi connectivity index (χ1v) is 17.9. The molecule has 2 rings (SSSR count). The van der Waals surface area contributed by atoms with Crippen LogP contribution in [0.3, 0.4) is 0 Å². The summed E-state index contributed by atoms with van der Waals surface area (Å²) in [6.07, 6.45) is -5.79. The molecule has 16 nitrogen and oxygen atoms in total. The molecule has 0 aromatic heterocycles. The number of alkyl carbamates (subject to hydrolysis) is 1. The van der Waals surface area contributed by atoms with Crippen LogP contribution in [0.1, 0.15) is 64.5 Å². The lowest BCUT2D eigenvalue weighted by Gasteiger charge is -2.30. The van der Waals surface area contributed by atoms with E-state index in [2.05, 4.69) is 26.4 Å². The molecule has 0 spiro atoms. The average molecular weight is 798 g/mol. The zero-order valence-electron chi connectivity index (χ0n) is 31.9. The van der Waals surface area contributed by atoms with Crippen LogP contribution in [0.25, 0.3) is 0 Å². The molecule has 19 heteroatoms. The second-order valence-electron chi connectivity index (χ2n) is 13.2. The Hall–Kier alpha value is -5.59. The van der Waals surface area contributed by atoms with E-state index in [1.165, 1.54) is 0 Å². The van der Waals surface area contributed by atoms with Gasteiger partial charge in [0.25, 0.3) is 0 Å². The highest BCUT2D eigenvalue weighted by molar-refractivity contribution is 5.91. The van der Waals surface area contributed by atoms with E-state index in [4.69, 9.17) is 30.9 Å². The van der Waals surface area contributed by atoms with E-state index >= 15 is 0 Å². The Kier molecular flexibility index (Phi) is 22.0. The third kappa shape index (κ3) is 20.8. The number of rotatable bonds is 21. The molecular weight excluding hydrogens is 743 g/mol. The van der Waals surface area contributed by atoms with Crippen LogP contribution < -0.4 is 32.7 Å². The molecule has 2 aromatic carbocycles. The number of carbonyl (C=O) groups is 5. The standard InChI is InChI=1S/C35H53N7O7.C2HF3O2/c1-5-24(4)31(33(46)39-28(20-23(2)3)29(43)21-30(44)38-18-16-25-12-8-6-9-13-25)41-32(45)27(17-19-49-42-34(36)37)40-35(47)48-22-26-14-10-7-11-15-26;3-2(4,5)1(6)7/h6-15,23-24,27-29,31,43H,5,16-22H2,1-4H3,(H,38,44)(H,39,46)(H,40,47)(H,41,45)(H4,36,37,42);(H,6,7)/t24-,27-,28-,29-,31-;/m0./s1. The molecule has 0 aliphatic carbocycles. The SMILES string of the molecule is CC[C@H](C)[C@H](NC(=O)[C@H](CCON=C(N)N)NC(=O)OCc1ccccc1)C(=O)N[C@@H](CC(C)C)[C@@H](O)CC(=O)NCCc1ccccc1.O=C(O)C(F)(F)F. The summed E-state index contributed by atoms with van der Waals surface area (Å²) in [5.41, 5.74) is 12.4. The van der Waals surface area contributed by atoms with Crippen molar-refractivity contribution in [2.24, 2.45) is 28.5 Å². The zero-order chi connectivity index (χ0) is 42.3. The molecule has 0 aliphatic heterocycles. The number of alkyl halides is 3. The molecule has 0 aliphatic rings. The molecule has 0 unspecified atom stereocenters. The van der Waals surface area contributed by atoms with Crippen LogP contribution in [-0.4, -0.2) is 89.5 Å². The number of ether oxygens (including phenoxy) is 1. The van der Waals surface area contributed by atoms with Gasteiger partial charge in [0.05, 0.1) is 18.6 Å². The van der Waals surface area contributed by atoms with Gasteiger partial charge in [-0.15, -0.1) is 0 Å². The number of hydrogen-bond donors (Lipinski definition) is 8. The number of halogens is 3. The molecule has 0 bridgehead atoms. The summed E-state index contributed by atoms with van der Waals surface area (Å²) in [7, 11) is 0. The second-order valence-corrected chi connectivity index (χ2v) is 13.2. The minimum Gasteiger partial charge on any atom is -0.475 e. The van der Waals surface area contributed by atoms with E-state index in [0.717, 1.165) is 11.1 Å². The van der Waals surface area contributed by atoms with Crippen molar-refractivity contribution < 1.29 is 56.9 Å². The Morgan fingerprint density at radius 1 is 0.875 bits per heavy atom. The van der Waals surface area contributed by atoms with Gasteiger partial charge in [-0.2, -0.15) is 13.2 Å². The average Bonchev–Trinajstić information content (AvgIpc) is 3.13. The van der Waals surface area contributed by atoms with E-state index in [0.29, 0.717) is 25.8 Å². The topological polar surface area (TPSA) is 257 Å². The Bertz CT molecular complexity index is 1530. The number of hydrogen-bond acceptors (Lipinski definition) is 9. The van der Waals surface area contributed by atoms with Crippen LogP contribution in [-0.2, 0) is 41.8 Å². The molecule has 10 N–H and O–H groups in total. The van der Waals surface area contributed by atoms with Gasteiger partial charge in [0.15, 0.2) is 0 Å². The second kappa shape index (κ2) is 25.5. The van der Waals surface area contributed by atoms with Crippen LogP contribution in [0.5, 0.6) is 0 Å². The van der Waals surface area contributed by atoms with Gasteiger partial charge in [-0.3, -0.25) is 14.4 Å². The van der Waals surface area contributed by atoms with Crippen LogP contribution in [0.2, 0.25) is 0 Å². The molecule has 4 amide bonds. The summed E-state index contributed by atoms with van der Waals surface area (Å²) in [5, 5.41) is 32.6. The smallest absolute Gasteiger partial charge is 0.475 e. The Morgan fingerprint density at radius 3 is 1.96 bits per heavy atom. The summed E-state index contributed by atoms with van der Waals surface area (Å²) < 4.78 is 37.0. The van der Waals surface area contributed by atoms with Gasteiger partial charge in [-0.05, 0) is 41.0 Å². The zero-order valence-corrected chi connectivity index (χ0v) is 31.9. The van der Waals surface area contributed by atoms with Gasteiger partial charge < -0.3 is 52.5 Å². The summed E-state index contributed by atoms with van der Waals surface area (Å²) in [4.78, 5) is 66.5. The van der Waals surface area contributed by atoms with E-state index in [9.17, 15) is 37.5 Å². The maximum absolute atomic E-state index is 13.7. The number of carboxylic acid groups (broad SMARTS) is 1. The fraction of sp³-hybridized carbons (Fsp3) is 0.514. The largest absolute Gasteiger partial charge is 0.490 e. The van der Waals surface area contributed by atoms with Gasteiger partial charge in [0.2, 0.25) is 23.7 Å². The highest BCUT2D eigenvalue weighted by atomic mass is 19.4. The van der Waals surface area contributed by atoms with Crippen molar-refractivity contribution in [3.63, 3.8) is 0 Å². The van der Waals surface area contributed by atoms with Gasteiger partial charge >= 0.3 is 18.2 Å². The number of aliphatic hydroxyl groups excluding tert-OH is 1. The van der Waals surface area contributed by atoms with E-state index in [1.807, 2.05) is 57.2 Å². The lowest BCUT2D eigenvalue weighted by atomic mass is 9.94. The quantitative estimate of drug-likeness (QED) is 0.0394. The molecule has 0 radical (unpaired) electrons. The van der Waals surface area contributed by atoms with Crippen molar-refractivity contribution in [1.82, 2.24) is 21.3 Å². The fourth-order valence-electron chi connectivity index (χ4n) is 4.91. The van der Waals surface area contributed by atoms with Gasteiger partial charge in [-0.25, -0.2) is 9.59 Å². The van der Waals surface area contributed by atoms with Gasteiger partial charge in [0.1, 0.15) is 25.3 Å². The summed E-state index contributed by atoms with van der Waals surface area (Å²) in [6.45, 7) is 7.81. The van der Waals surface area contributed by atoms with Crippen molar-refractivity contribution in [3.05, 3.63) is 71.8 Å². The number of aliphatic carboxylic acids is 1. The van der Waals surface area contributed by atoms with Crippen LogP contribution >= 0.6 is 0 Å². The predicted molar refractivity (Wildman–Crippen MR) is 200 cm³/mol. The third-order valence-electron chi connectivity index (χ3n) is 8.02. The lowest BCUT2D eigenvalue weighted by molar-refractivity contribution is -0.192. The highest BCUT2D eigenvalue weighted by Gasteiger charge is 2.38. The van der Waals surface area contributed by atoms with Gasteiger partial charge in [0, 0.05) is 13.0 Å². The molecule has 0 fully saturated rings. The molecule has 0 saturated heterocycles. The minimum atomic E-state index is -5.08. The number of carbonyl (C=O) groups excluding carboxylic acids is 4.